The number of ether oxygens (including phenoxy) is 1. The van der Waals surface area contributed by atoms with E-state index in [2.05, 4.69) is 0 Å². The number of nitrogens with zero attached hydrogens (tertiary/aromatic N) is 2. The van der Waals surface area contributed by atoms with E-state index in [4.69, 9.17) is 4.74 Å². The highest BCUT2D eigenvalue weighted by molar-refractivity contribution is 5.68. The first kappa shape index (κ1) is 15.9. The number of amides is 1. The first-order valence-electron chi connectivity index (χ1n) is 6.44. The lowest BCUT2D eigenvalue weighted by atomic mass is 10.2. The SMILES string of the molecule is CCN(Cc1cccc([N+](=O)[O-])c1)C(=O)OC(C)(C)C. The molecule has 0 aliphatic carbocycles. The van der Waals surface area contributed by atoms with Gasteiger partial charge in [-0.25, -0.2) is 4.79 Å². The van der Waals surface area contributed by atoms with Crippen LogP contribution in [0.3, 0.4) is 0 Å². The van der Waals surface area contributed by atoms with Gasteiger partial charge in [-0.1, -0.05) is 12.1 Å². The molecule has 6 nitrogen and oxygen atoms in total. The molecule has 0 bridgehead atoms. The highest BCUT2D eigenvalue weighted by Crippen LogP contribution is 2.16. The third kappa shape index (κ3) is 4.87. The van der Waals surface area contributed by atoms with Crippen LogP contribution in [-0.4, -0.2) is 28.1 Å². The molecule has 1 aromatic carbocycles. The summed E-state index contributed by atoms with van der Waals surface area (Å²) in [7, 11) is 0. The quantitative estimate of drug-likeness (QED) is 0.626. The van der Waals surface area contributed by atoms with E-state index >= 15 is 0 Å². The van der Waals surface area contributed by atoms with E-state index in [0.717, 1.165) is 0 Å². The molecule has 0 saturated carbocycles. The number of hydrogen-bond acceptors (Lipinski definition) is 4. The van der Waals surface area contributed by atoms with Crippen molar-refractivity contribution in [2.75, 3.05) is 6.54 Å². The van der Waals surface area contributed by atoms with Gasteiger partial charge in [0, 0.05) is 25.2 Å². The van der Waals surface area contributed by atoms with Crippen LogP contribution < -0.4 is 0 Å². The second kappa shape index (κ2) is 6.36. The Morgan fingerprint density at radius 1 is 1.40 bits per heavy atom. The predicted molar refractivity (Wildman–Crippen MR) is 75.4 cm³/mol. The Hall–Kier alpha value is -2.11. The van der Waals surface area contributed by atoms with E-state index in [9.17, 15) is 14.9 Å². The van der Waals surface area contributed by atoms with Crippen LogP contribution in [0.2, 0.25) is 0 Å². The largest absolute Gasteiger partial charge is 0.444 e. The lowest BCUT2D eigenvalue weighted by molar-refractivity contribution is -0.384. The standard InChI is InChI=1S/C14H20N2O4/c1-5-15(13(17)20-14(2,3)4)10-11-7-6-8-12(9-11)16(18)19/h6-9H,5,10H2,1-4H3. The van der Waals surface area contributed by atoms with Crippen molar-refractivity contribution in [1.29, 1.82) is 0 Å². The number of non-ortho nitro benzene ring substituents is 1. The Morgan fingerprint density at radius 3 is 2.55 bits per heavy atom. The fraction of sp³-hybridized carbons (Fsp3) is 0.500. The van der Waals surface area contributed by atoms with Gasteiger partial charge in [0.25, 0.3) is 5.69 Å². The number of benzene rings is 1. The molecule has 0 fully saturated rings. The van der Waals surface area contributed by atoms with Crippen LogP contribution in [-0.2, 0) is 11.3 Å². The molecule has 1 aromatic rings. The Kier molecular flexibility index (Phi) is 5.07. The summed E-state index contributed by atoms with van der Waals surface area (Å²) in [5.74, 6) is 0. The van der Waals surface area contributed by atoms with Crippen molar-refractivity contribution in [2.24, 2.45) is 0 Å². The van der Waals surface area contributed by atoms with Gasteiger partial charge in [-0.3, -0.25) is 10.1 Å². The highest BCUT2D eigenvalue weighted by atomic mass is 16.6. The molecule has 0 saturated heterocycles. The zero-order valence-corrected chi connectivity index (χ0v) is 12.3. The first-order valence-corrected chi connectivity index (χ1v) is 6.44. The zero-order valence-electron chi connectivity index (χ0n) is 12.3. The molecular formula is C14H20N2O4. The van der Waals surface area contributed by atoms with Crippen molar-refractivity contribution >= 4 is 11.8 Å². The molecule has 1 amide bonds. The van der Waals surface area contributed by atoms with Gasteiger partial charge in [-0.15, -0.1) is 0 Å². The van der Waals surface area contributed by atoms with Crippen LogP contribution in [0.1, 0.15) is 33.3 Å². The Labute approximate surface area is 118 Å². The van der Waals surface area contributed by atoms with Gasteiger partial charge < -0.3 is 9.64 Å². The third-order valence-electron chi connectivity index (χ3n) is 2.53. The summed E-state index contributed by atoms with van der Waals surface area (Å²) in [6.45, 7) is 7.98. The lowest BCUT2D eigenvalue weighted by Crippen LogP contribution is -2.36. The molecule has 0 aromatic heterocycles. The summed E-state index contributed by atoms with van der Waals surface area (Å²) in [5, 5.41) is 10.7. The minimum Gasteiger partial charge on any atom is -0.444 e. The molecule has 6 heteroatoms. The summed E-state index contributed by atoms with van der Waals surface area (Å²) in [6, 6.07) is 6.25. The molecule has 0 N–H and O–H groups in total. The van der Waals surface area contributed by atoms with Gasteiger partial charge in [0.1, 0.15) is 5.60 Å². The third-order valence-corrected chi connectivity index (χ3v) is 2.53. The topological polar surface area (TPSA) is 72.7 Å². The van der Waals surface area contributed by atoms with Gasteiger partial charge in [0.2, 0.25) is 0 Å². The van der Waals surface area contributed by atoms with Crippen LogP contribution in [0.15, 0.2) is 24.3 Å². The molecule has 0 unspecified atom stereocenters. The van der Waals surface area contributed by atoms with Gasteiger partial charge in [0.15, 0.2) is 0 Å². The number of carbonyl (C=O) groups excluding carboxylic acids is 1. The number of nitro groups is 1. The maximum Gasteiger partial charge on any atom is 0.410 e. The predicted octanol–water partition coefficient (Wildman–Crippen LogP) is 3.35. The normalized spacial score (nSPS) is 11.0. The van der Waals surface area contributed by atoms with E-state index in [1.54, 1.807) is 32.9 Å². The summed E-state index contributed by atoms with van der Waals surface area (Å²) < 4.78 is 5.29. The van der Waals surface area contributed by atoms with Crippen molar-refractivity contribution in [3.8, 4) is 0 Å². The van der Waals surface area contributed by atoms with E-state index in [-0.39, 0.29) is 12.2 Å². The first-order chi connectivity index (χ1) is 9.23. The number of nitro benzene ring substituents is 1. The van der Waals surface area contributed by atoms with Crippen molar-refractivity contribution in [2.45, 2.75) is 39.8 Å². The second-order valence-electron chi connectivity index (χ2n) is 5.42. The zero-order chi connectivity index (χ0) is 15.3. The molecule has 1 rings (SSSR count). The molecule has 0 spiro atoms. The fourth-order valence-electron chi connectivity index (χ4n) is 1.62. The second-order valence-corrected chi connectivity index (χ2v) is 5.42. The average Bonchev–Trinajstić information content (AvgIpc) is 2.34. The van der Waals surface area contributed by atoms with Crippen LogP contribution >= 0.6 is 0 Å². The fourth-order valence-corrected chi connectivity index (χ4v) is 1.62. The molecule has 110 valence electrons. The minimum atomic E-state index is -0.562. The van der Waals surface area contributed by atoms with E-state index in [0.29, 0.717) is 12.1 Å². The molecular weight excluding hydrogens is 260 g/mol. The summed E-state index contributed by atoms with van der Waals surface area (Å²) in [4.78, 5) is 23.8. The summed E-state index contributed by atoms with van der Waals surface area (Å²) in [6.07, 6.45) is -0.425. The minimum absolute atomic E-state index is 0.0164. The molecule has 0 radical (unpaired) electrons. The van der Waals surface area contributed by atoms with Gasteiger partial charge in [0.05, 0.1) is 4.92 Å². The van der Waals surface area contributed by atoms with E-state index in [1.807, 2.05) is 6.92 Å². The van der Waals surface area contributed by atoms with Crippen molar-refractivity contribution in [3.05, 3.63) is 39.9 Å². The Morgan fingerprint density at radius 2 is 2.05 bits per heavy atom. The van der Waals surface area contributed by atoms with Crippen LogP contribution in [0.5, 0.6) is 0 Å². The number of rotatable bonds is 4. The smallest absolute Gasteiger partial charge is 0.410 e. The van der Waals surface area contributed by atoms with Gasteiger partial charge >= 0.3 is 6.09 Å². The molecule has 0 atom stereocenters. The van der Waals surface area contributed by atoms with Crippen LogP contribution in [0, 0.1) is 10.1 Å². The van der Waals surface area contributed by atoms with E-state index in [1.165, 1.54) is 17.0 Å². The molecule has 0 aliphatic heterocycles. The van der Waals surface area contributed by atoms with Gasteiger partial charge in [-0.05, 0) is 33.3 Å². The lowest BCUT2D eigenvalue weighted by Gasteiger charge is -2.26. The van der Waals surface area contributed by atoms with Crippen molar-refractivity contribution in [3.63, 3.8) is 0 Å². The molecule has 20 heavy (non-hydrogen) atoms. The molecule has 0 aliphatic rings. The Balaban J connectivity index is 2.80. The Bertz CT molecular complexity index is 494. The maximum atomic E-state index is 12.0. The monoisotopic (exact) mass is 280 g/mol. The van der Waals surface area contributed by atoms with E-state index < -0.39 is 16.6 Å². The number of hydrogen-bond donors (Lipinski definition) is 0. The molecule has 0 heterocycles. The maximum absolute atomic E-state index is 12.0. The summed E-state index contributed by atoms with van der Waals surface area (Å²) >= 11 is 0. The summed E-state index contributed by atoms with van der Waals surface area (Å²) in [5.41, 5.74) is 0.155. The van der Waals surface area contributed by atoms with Crippen LogP contribution in [0.25, 0.3) is 0 Å². The van der Waals surface area contributed by atoms with Crippen molar-refractivity contribution in [1.82, 2.24) is 4.90 Å². The van der Waals surface area contributed by atoms with Gasteiger partial charge in [-0.2, -0.15) is 0 Å². The van der Waals surface area contributed by atoms with Crippen LogP contribution in [0.4, 0.5) is 10.5 Å². The van der Waals surface area contributed by atoms with Crippen molar-refractivity contribution < 1.29 is 14.5 Å². The highest BCUT2D eigenvalue weighted by Gasteiger charge is 2.21. The number of carbonyl (C=O) groups is 1. The average molecular weight is 280 g/mol.